The molecule has 1 atom stereocenters. The minimum absolute atomic E-state index is 0.266. The van der Waals surface area contributed by atoms with Gasteiger partial charge in [-0.15, -0.1) is 21.5 Å². The highest BCUT2D eigenvalue weighted by molar-refractivity contribution is 7.15. The Morgan fingerprint density at radius 1 is 1.00 bits per heavy atom. The summed E-state index contributed by atoms with van der Waals surface area (Å²) in [7, 11) is 0. The lowest BCUT2D eigenvalue weighted by Crippen LogP contribution is -2.05. The van der Waals surface area contributed by atoms with Crippen molar-refractivity contribution in [3.8, 4) is 5.00 Å². The van der Waals surface area contributed by atoms with E-state index in [9.17, 15) is 0 Å². The molecule has 1 unspecified atom stereocenters. The van der Waals surface area contributed by atoms with Gasteiger partial charge in [0.2, 0.25) is 0 Å². The van der Waals surface area contributed by atoms with Crippen LogP contribution in [0.15, 0.2) is 59.6 Å². The van der Waals surface area contributed by atoms with Crippen molar-refractivity contribution in [2.24, 2.45) is 10.9 Å². The molecule has 2 aromatic carbocycles. The first-order chi connectivity index (χ1) is 15.9. The molecule has 0 saturated carbocycles. The van der Waals surface area contributed by atoms with Crippen LogP contribution in [0, 0.1) is 12.8 Å². The van der Waals surface area contributed by atoms with Crippen LogP contribution in [0.25, 0.3) is 5.00 Å². The van der Waals surface area contributed by atoms with Crippen molar-refractivity contribution in [2.75, 3.05) is 0 Å². The van der Waals surface area contributed by atoms with Crippen LogP contribution in [0.4, 0.5) is 0 Å². The number of benzene rings is 2. The number of aromatic nitrogens is 3. The van der Waals surface area contributed by atoms with E-state index in [1.807, 2.05) is 31.2 Å². The molecule has 0 bridgehead atoms. The van der Waals surface area contributed by atoms with Crippen molar-refractivity contribution in [1.82, 2.24) is 14.8 Å². The van der Waals surface area contributed by atoms with Crippen molar-refractivity contribution in [3.63, 3.8) is 0 Å². The summed E-state index contributed by atoms with van der Waals surface area (Å²) in [6.45, 7) is 9.26. The van der Waals surface area contributed by atoms with Crippen molar-refractivity contribution in [1.29, 1.82) is 0 Å². The van der Waals surface area contributed by atoms with Crippen LogP contribution in [0.2, 0.25) is 5.02 Å². The zero-order valence-corrected chi connectivity index (χ0v) is 20.9. The first-order valence-corrected chi connectivity index (χ1v) is 12.6. The SMILES string of the molecule is Cc1nnc2n1-c1sc(C(C)c3ccc(CC(C)C)cc3)cc1C(c1ccccc1Cl)=NC2. The average Bonchev–Trinajstić information content (AvgIpc) is 3.34. The Kier molecular flexibility index (Phi) is 5.94. The zero-order valence-electron chi connectivity index (χ0n) is 19.3. The molecule has 3 heterocycles. The van der Waals surface area contributed by atoms with Crippen LogP contribution in [-0.4, -0.2) is 20.5 Å². The molecule has 2 aromatic heterocycles. The second-order valence-electron chi connectivity index (χ2n) is 9.07. The van der Waals surface area contributed by atoms with E-state index in [2.05, 4.69) is 65.9 Å². The largest absolute Gasteiger partial charge is 0.276 e. The second-order valence-corrected chi connectivity index (χ2v) is 10.5. The molecular weight excluding hydrogens is 448 g/mol. The summed E-state index contributed by atoms with van der Waals surface area (Å²) in [5.41, 5.74) is 5.67. The van der Waals surface area contributed by atoms with Crippen molar-refractivity contribution >= 4 is 28.6 Å². The van der Waals surface area contributed by atoms with E-state index in [0.717, 1.165) is 39.9 Å². The minimum Gasteiger partial charge on any atom is -0.276 e. The number of aliphatic imine (C=N–C) groups is 1. The molecule has 33 heavy (non-hydrogen) atoms. The molecule has 0 spiro atoms. The maximum atomic E-state index is 6.60. The summed E-state index contributed by atoms with van der Waals surface area (Å²) in [6.07, 6.45) is 1.11. The fraction of sp³-hybridized carbons (Fsp3) is 0.296. The van der Waals surface area contributed by atoms with E-state index in [1.54, 1.807) is 11.3 Å². The summed E-state index contributed by atoms with van der Waals surface area (Å²) >= 11 is 8.39. The van der Waals surface area contributed by atoms with Gasteiger partial charge in [0.25, 0.3) is 0 Å². The molecule has 5 rings (SSSR count). The van der Waals surface area contributed by atoms with Gasteiger partial charge >= 0.3 is 0 Å². The highest BCUT2D eigenvalue weighted by Crippen LogP contribution is 2.39. The molecule has 6 heteroatoms. The van der Waals surface area contributed by atoms with E-state index in [4.69, 9.17) is 16.6 Å². The topological polar surface area (TPSA) is 43.1 Å². The van der Waals surface area contributed by atoms with E-state index in [0.29, 0.717) is 17.5 Å². The fourth-order valence-electron chi connectivity index (χ4n) is 4.42. The summed E-state index contributed by atoms with van der Waals surface area (Å²) < 4.78 is 2.15. The van der Waals surface area contributed by atoms with Gasteiger partial charge in [0, 0.05) is 26.9 Å². The maximum Gasteiger partial charge on any atom is 0.160 e. The number of nitrogens with zero attached hydrogens (tertiary/aromatic N) is 4. The Balaban J connectivity index is 1.60. The van der Waals surface area contributed by atoms with Gasteiger partial charge in [-0.3, -0.25) is 9.56 Å². The van der Waals surface area contributed by atoms with Crippen LogP contribution in [0.1, 0.15) is 65.5 Å². The van der Waals surface area contributed by atoms with Crippen LogP contribution in [0.5, 0.6) is 0 Å². The standard InChI is InChI=1S/C27H27ClN4S/c1-16(2)13-19-9-11-20(12-10-19)17(3)24-14-22-26(21-7-5-6-8-23(21)28)29-15-25-31-30-18(4)32(25)27(22)33-24/h5-12,14,16-17H,13,15H2,1-4H3. The van der Waals surface area contributed by atoms with Gasteiger partial charge in [0.05, 0.1) is 5.71 Å². The van der Waals surface area contributed by atoms with E-state index in [1.165, 1.54) is 16.0 Å². The van der Waals surface area contributed by atoms with Crippen LogP contribution < -0.4 is 0 Å². The minimum atomic E-state index is 0.266. The Labute approximate surface area is 204 Å². The molecule has 0 radical (unpaired) electrons. The molecule has 4 nitrogen and oxygen atoms in total. The van der Waals surface area contributed by atoms with Crippen LogP contribution >= 0.6 is 22.9 Å². The molecule has 0 saturated heterocycles. The highest BCUT2D eigenvalue weighted by Gasteiger charge is 2.27. The molecule has 1 aliphatic rings. The van der Waals surface area contributed by atoms with E-state index < -0.39 is 0 Å². The van der Waals surface area contributed by atoms with Crippen LogP contribution in [-0.2, 0) is 13.0 Å². The third-order valence-electron chi connectivity index (χ3n) is 6.14. The van der Waals surface area contributed by atoms with Gasteiger partial charge in [-0.05, 0) is 42.5 Å². The number of rotatable bonds is 5. The number of halogens is 1. The molecule has 0 N–H and O–H groups in total. The Bertz CT molecular complexity index is 1330. The van der Waals surface area contributed by atoms with Gasteiger partial charge in [-0.2, -0.15) is 0 Å². The lowest BCUT2D eigenvalue weighted by Gasteiger charge is -2.12. The second kappa shape index (κ2) is 8.88. The number of hydrogen-bond acceptors (Lipinski definition) is 4. The number of thiophene rings is 1. The van der Waals surface area contributed by atoms with Gasteiger partial charge in [0.1, 0.15) is 17.4 Å². The summed E-state index contributed by atoms with van der Waals surface area (Å²) in [5, 5.41) is 10.5. The Hall–Kier alpha value is -2.76. The predicted octanol–water partition coefficient (Wildman–Crippen LogP) is 6.99. The van der Waals surface area contributed by atoms with Crippen molar-refractivity contribution in [3.05, 3.63) is 98.4 Å². The third-order valence-corrected chi connectivity index (χ3v) is 7.77. The molecule has 4 aromatic rings. The fourth-order valence-corrected chi connectivity index (χ4v) is 5.95. The van der Waals surface area contributed by atoms with E-state index in [-0.39, 0.29) is 5.92 Å². The van der Waals surface area contributed by atoms with Gasteiger partial charge in [-0.25, -0.2) is 0 Å². The molecule has 0 amide bonds. The zero-order chi connectivity index (χ0) is 23.1. The molecular formula is C27H27ClN4S. The number of fused-ring (bicyclic) bond motifs is 3. The van der Waals surface area contributed by atoms with Gasteiger partial charge in [-0.1, -0.05) is 74.8 Å². The summed E-state index contributed by atoms with van der Waals surface area (Å²) in [6, 6.07) is 19.3. The highest BCUT2D eigenvalue weighted by atomic mass is 35.5. The lowest BCUT2D eigenvalue weighted by molar-refractivity contribution is 0.647. The first-order valence-electron chi connectivity index (χ1n) is 11.4. The molecule has 1 aliphatic heterocycles. The smallest absolute Gasteiger partial charge is 0.160 e. The molecule has 168 valence electrons. The quantitative estimate of drug-likeness (QED) is 0.312. The van der Waals surface area contributed by atoms with Gasteiger partial charge in [0.15, 0.2) is 5.82 Å². The third kappa shape index (κ3) is 4.16. The van der Waals surface area contributed by atoms with Crippen LogP contribution in [0.3, 0.4) is 0 Å². The van der Waals surface area contributed by atoms with Gasteiger partial charge < -0.3 is 0 Å². The lowest BCUT2D eigenvalue weighted by atomic mass is 9.95. The van der Waals surface area contributed by atoms with Crippen molar-refractivity contribution in [2.45, 2.75) is 46.6 Å². The summed E-state index contributed by atoms with van der Waals surface area (Å²) in [4.78, 5) is 6.24. The Morgan fingerprint density at radius 3 is 2.48 bits per heavy atom. The monoisotopic (exact) mass is 474 g/mol. The average molecular weight is 475 g/mol. The predicted molar refractivity (Wildman–Crippen MR) is 137 cm³/mol. The number of hydrogen-bond donors (Lipinski definition) is 0. The van der Waals surface area contributed by atoms with Crippen molar-refractivity contribution < 1.29 is 0 Å². The summed E-state index contributed by atoms with van der Waals surface area (Å²) in [5.74, 6) is 2.66. The Morgan fingerprint density at radius 2 is 1.76 bits per heavy atom. The molecule has 0 fully saturated rings. The number of aryl methyl sites for hydroxylation is 1. The van der Waals surface area contributed by atoms with E-state index >= 15 is 0 Å². The molecule has 0 aliphatic carbocycles. The normalized spacial score (nSPS) is 13.9. The first kappa shape index (κ1) is 22.1. The maximum absolute atomic E-state index is 6.60.